The van der Waals surface area contributed by atoms with Crippen molar-refractivity contribution >= 4 is 11.8 Å². The summed E-state index contributed by atoms with van der Waals surface area (Å²) in [6, 6.07) is 2.82. The van der Waals surface area contributed by atoms with Gasteiger partial charge in [0.15, 0.2) is 23.9 Å². The van der Waals surface area contributed by atoms with Crippen molar-refractivity contribution in [3.8, 4) is 5.75 Å². The molecule has 0 saturated carbocycles. The number of nitrogens with one attached hydrogen (secondary N) is 1. The lowest BCUT2D eigenvalue weighted by atomic mass is 10.2. The number of halogens is 2. The molecule has 134 valence electrons. The van der Waals surface area contributed by atoms with Gasteiger partial charge in [-0.3, -0.25) is 9.59 Å². The number of ether oxygens (including phenoxy) is 1. The molecule has 2 aromatic rings. The van der Waals surface area contributed by atoms with Crippen molar-refractivity contribution in [2.45, 2.75) is 19.6 Å². The van der Waals surface area contributed by atoms with Gasteiger partial charge in [-0.25, -0.2) is 9.37 Å². The molecule has 0 spiro atoms. The van der Waals surface area contributed by atoms with Crippen molar-refractivity contribution in [1.29, 1.82) is 0 Å². The van der Waals surface area contributed by atoms with Gasteiger partial charge >= 0.3 is 0 Å². The topological polar surface area (TPSA) is 84.7 Å². The van der Waals surface area contributed by atoms with Crippen LogP contribution in [0, 0.1) is 11.6 Å². The van der Waals surface area contributed by atoms with Crippen LogP contribution in [-0.4, -0.2) is 41.8 Å². The molecule has 2 amide bonds. The molecule has 25 heavy (non-hydrogen) atoms. The minimum Gasteiger partial charge on any atom is -0.481 e. The summed E-state index contributed by atoms with van der Waals surface area (Å²) in [7, 11) is 2.92. The number of likely N-dealkylation sites (N-methyl/N-ethyl adjacent to an activating group) is 2. The fraction of sp³-hybridized carbons (Fsp3) is 0.312. The van der Waals surface area contributed by atoms with Crippen LogP contribution in [0.3, 0.4) is 0 Å². The molecule has 0 unspecified atom stereocenters. The van der Waals surface area contributed by atoms with Crippen molar-refractivity contribution in [2.24, 2.45) is 0 Å². The highest BCUT2D eigenvalue weighted by Crippen LogP contribution is 2.20. The summed E-state index contributed by atoms with van der Waals surface area (Å²) in [4.78, 5) is 29.0. The van der Waals surface area contributed by atoms with E-state index >= 15 is 0 Å². The molecule has 1 atom stereocenters. The first-order chi connectivity index (χ1) is 11.8. The molecule has 1 aromatic carbocycles. The zero-order valence-electron chi connectivity index (χ0n) is 13.9. The average molecular weight is 353 g/mol. The summed E-state index contributed by atoms with van der Waals surface area (Å²) in [5.41, 5.74) is -0.0310. The van der Waals surface area contributed by atoms with Gasteiger partial charge in [-0.1, -0.05) is 6.07 Å². The lowest BCUT2D eigenvalue weighted by Crippen LogP contribution is -2.44. The lowest BCUT2D eigenvalue weighted by Gasteiger charge is -2.22. The number of rotatable bonds is 6. The average Bonchev–Trinajstić information content (AvgIpc) is 3.09. The largest absolute Gasteiger partial charge is 0.481 e. The Labute approximate surface area is 142 Å². The van der Waals surface area contributed by atoms with E-state index in [4.69, 9.17) is 9.15 Å². The van der Waals surface area contributed by atoms with Crippen LogP contribution in [0.2, 0.25) is 0 Å². The summed E-state index contributed by atoms with van der Waals surface area (Å²) in [5.74, 6) is -3.30. The fourth-order valence-corrected chi connectivity index (χ4v) is 1.95. The van der Waals surface area contributed by atoms with Gasteiger partial charge in [0.1, 0.15) is 12.3 Å². The summed E-state index contributed by atoms with van der Waals surface area (Å²) in [5, 5.41) is 2.44. The Hall–Kier alpha value is -2.97. The number of benzene rings is 1. The van der Waals surface area contributed by atoms with Gasteiger partial charge in [0.25, 0.3) is 5.91 Å². The molecule has 7 nitrogen and oxygen atoms in total. The summed E-state index contributed by atoms with van der Waals surface area (Å²) >= 11 is 0. The number of hydrogen-bond acceptors (Lipinski definition) is 5. The van der Waals surface area contributed by atoms with E-state index in [-0.39, 0.29) is 29.8 Å². The van der Waals surface area contributed by atoms with E-state index in [1.165, 1.54) is 31.1 Å². The Morgan fingerprint density at radius 3 is 2.80 bits per heavy atom. The molecule has 0 aliphatic heterocycles. The maximum atomic E-state index is 13.5. The fourth-order valence-electron chi connectivity index (χ4n) is 1.95. The SMILES string of the molecule is CNC(=O)[C@@H](C)N(C)C(=O)c1coc(COc2cccc(F)c2F)n1. The molecule has 0 bridgehead atoms. The summed E-state index contributed by atoms with van der Waals surface area (Å²) in [6.45, 7) is 1.27. The minimum absolute atomic E-state index is 0.00741. The van der Waals surface area contributed by atoms with Crippen LogP contribution in [0.1, 0.15) is 23.3 Å². The van der Waals surface area contributed by atoms with Gasteiger partial charge in [-0.2, -0.15) is 4.39 Å². The number of aromatic nitrogens is 1. The van der Waals surface area contributed by atoms with Crippen LogP contribution in [0.5, 0.6) is 5.75 Å². The first-order valence-electron chi connectivity index (χ1n) is 7.35. The van der Waals surface area contributed by atoms with Crippen molar-refractivity contribution in [3.63, 3.8) is 0 Å². The third kappa shape index (κ3) is 4.11. The second-order valence-electron chi connectivity index (χ2n) is 5.17. The van der Waals surface area contributed by atoms with Gasteiger partial charge in [0.2, 0.25) is 17.6 Å². The monoisotopic (exact) mass is 353 g/mol. The molecule has 0 saturated heterocycles. The van der Waals surface area contributed by atoms with Gasteiger partial charge < -0.3 is 19.4 Å². The van der Waals surface area contributed by atoms with Crippen LogP contribution in [0.25, 0.3) is 0 Å². The first kappa shape index (κ1) is 18.4. The maximum Gasteiger partial charge on any atom is 0.276 e. The molecule has 9 heteroatoms. The molecule has 0 aliphatic carbocycles. The third-order valence-corrected chi connectivity index (χ3v) is 3.57. The summed E-state index contributed by atoms with van der Waals surface area (Å²) in [6.07, 6.45) is 1.11. The molecule has 2 rings (SSSR count). The van der Waals surface area contributed by atoms with Crippen molar-refractivity contribution in [3.05, 3.63) is 47.7 Å². The number of carbonyl (C=O) groups excluding carboxylic acids is 2. The Morgan fingerprint density at radius 1 is 1.40 bits per heavy atom. The Kier molecular flexibility index (Phi) is 5.68. The van der Waals surface area contributed by atoms with Gasteiger partial charge in [-0.15, -0.1) is 0 Å². The second kappa shape index (κ2) is 7.73. The van der Waals surface area contributed by atoms with Crippen LogP contribution < -0.4 is 10.1 Å². The van der Waals surface area contributed by atoms with Crippen LogP contribution >= 0.6 is 0 Å². The van der Waals surface area contributed by atoms with Crippen LogP contribution in [0.15, 0.2) is 28.9 Å². The van der Waals surface area contributed by atoms with E-state index < -0.39 is 23.6 Å². The Balaban J connectivity index is 2.03. The number of oxazole rings is 1. The van der Waals surface area contributed by atoms with E-state index in [2.05, 4.69) is 10.3 Å². The molecular formula is C16H17F2N3O4. The smallest absolute Gasteiger partial charge is 0.276 e. The first-order valence-corrected chi connectivity index (χ1v) is 7.35. The van der Waals surface area contributed by atoms with E-state index in [1.807, 2.05) is 0 Å². The predicted molar refractivity (Wildman–Crippen MR) is 82.8 cm³/mol. The zero-order chi connectivity index (χ0) is 18.6. The van der Waals surface area contributed by atoms with Crippen molar-refractivity contribution in [1.82, 2.24) is 15.2 Å². The molecule has 0 aliphatic rings. The van der Waals surface area contributed by atoms with Crippen molar-refractivity contribution in [2.75, 3.05) is 14.1 Å². The molecule has 1 aromatic heterocycles. The highest BCUT2D eigenvalue weighted by atomic mass is 19.2. The second-order valence-corrected chi connectivity index (χ2v) is 5.17. The van der Waals surface area contributed by atoms with Gasteiger partial charge in [-0.05, 0) is 19.1 Å². The Bertz CT molecular complexity index is 778. The third-order valence-electron chi connectivity index (χ3n) is 3.57. The summed E-state index contributed by atoms with van der Waals surface area (Å²) < 4.78 is 36.8. The molecule has 1 N–H and O–H groups in total. The number of nitrogens with zero attached hydrogens (tertiary/aromatic N) is 2. The lowest BCUT2D eigenvalue weighted by molar-refractivity contribution is -0.124. The van der Waals surface area contributed by atoms with Gasteiger partial charge in [0, 0.05) is 14.1 Å². The van der Waals surface area contributed by atoms with Crippen molar-refractivity contribution < 1.29 is 27.5 Å². The maximum absolute atomic E-state index is 13.5. The van der Waals surface area contributed by atoms with E-state index in [0.29, 0.717) is 0 Å². The van der Waals surface area contributed by atoms with E-state index in [9.17, 15) is 18.4 Å². The Morgan fingerprint density at radius 2 is 2.12 bits per heavy atom. The number of hydrogen-bond donors (Lipinski definition) is 1. The number of carbonyl (C=O) groups is 2. The normalized spacial score (nSPS) is 11.7. The highest BCUT2D eigenvalue weighted by molar-refractivity contribution is 5.95. The highest BCUT2D eigenvalue weighted by Gasteiger charge is 2.25. The quantitative estimate of drug-likeness (QED) is 0.855. The van der Waals surface area contributed by atoms with Crippen LogP contribution in [0.4, 0.5) is 8.78 Å². The zero-order valence-corrected chi connectivity index (χ0v) is 13.9. The standard InChI is InChI=1S/C16H17F2N3O4/c1-9(15(22)19-2)21(3)16(23)11-7-25-13(20-11)8-24-12-6-4-5-10(17)14(12)18/h4-7,9H,8H2,1-3H3,(H,19,22)/t9-/m1/s1. The van der Waals surface area contributed by atoms with E-state index in [1.54, 1.807) is 6.92 Å². The number of amides is 2. The van der Waals surface area contributed by atoms with Gasteiger partial charge in [0.05, 0.1) is 0 Å². The molecular weight excluding hydrogens is 336 g/mol. The molecule has 0 fully saturated rings. The molecule has 0 radical (unpaired) electrons. The van der Waals surface area contributed by atoms with E-state index in [0.717, 1.165) is 12.3 Å². The molecule has 1 heterocycles. The minimum atomic E-state index is -1.12. The predicted octanol–water partition coefficient (Wildman–Crippen LogP) is 1.74. The van der Waals surface area contributed by atoms with Crippen LogP contribution in [-0.2, 0) is 11.4 Å².